The molecule has 2 bridgehead atoms. The molecule has 0 aliphatic carbocycles. The summed E-state index contributed by atoms with van der Waals surface area (Å²) < 4.78 is 5.51. The van der Waals surface area contributed by atoms with Crippen molar-refractivity contribution in [2.24, 2.45) is 0 Å². The molecule has 2 aromatic rings. The Bertz CT molecular complexity index is 874. The molecule has 4 rings (SSSR count). The molecule has 0 saturated carbocycles. The minimum atomic E-state index is -0.0837. The zero-order valence-corrected chi connectivity index (χ0v) is 18.4. The number of carbonyl (C=O) groups excluding carboxylic acids is 1. The maximum absolute atomic E-state index is 12.8. The van der Waals surface area contributed by atoms with Crippen LogP contribution >= 0.6 is 0 Å². The SMILES string of the molecule is CCN(CC)C(=O)c1ccc(N(c2cccc(OC)c2)C23CCCC(CC2)N3)cc1. The van der Waals surface area contributed by atoms with Crippen LogP contribution < -0.4 is 15.0 Å². The first kappa shape index (κ1) is 20.7. The van der Waals surface area contributed by atoms with E-state index in [2.05, 4.69) is 34.5 Å². The third-order valence-electron chi connectivity index (χ3n) is 6.68. The number of nitrogens with one attached hydrogen (secondary N) is 1. The van der Waals surface area contributed by atoms with E-state index in [0.717, 1.165) is 48.6 Å². The van der Waals surface area contributed by atoms with Crippen LogP contribution in [0.2, 0.25) is 0 Å². The molecule has 160 valence electrons. The number of piperidine rings is 1. The molecule has 0 aromatic heterocycles. The maximum Gasteiger partial charge on any atom is 0.253 e. The second-order valence-electron chi connectivity index (χ2n) is 8.36. The van der Waals surface area contributed by atoms with Crippen LogP contribution in [0.4, 0.5) is 11.4 Å². The molecule has 1 amide bonds. The summed E-state index contributed by atoms with van der Waals surface area (Å²) in [5, 5.41) is 3.92. The van der Waals surface area contributed by atoms with Gasteiger partial charge in [-0.15, -0.1) is 0 Å². The van der Waals surface area contributed by atoms with Crippen LogP contribution in [0.3, 0.4) is 0 Å². The van der Waals surface area contributed by atoms with Crippen LogP contribution in [0, 0.1) is 0 Å². The van der Waals surface area contributed by atoms with E-state index in [9.17, 15) is 4.79 Å². The van der Waals surface area contributed by atoms with E-state index in [4.69, 9.17) is 4.74 Å². The highest BCUT2D eigenvalue weighted by Gasteiger charge is 2.46. The summed E-state index contributed by atoms with van der Waals surface area (Å²) >= 11 is 0. The first-order valence-corrected chi connectivity index (χ1v) is 11.2. The highest BCUT2D eigenvalue weighted by Crippen LogP contribution is 2.45. The Labute approximate surface area is 180 Å². The van der Waals surface area contributed by atoms with Gasteiger partial charge in [-0.05, 0) is 82.3 Å². The van der Waals surface area contributed by atoms with E-state index in [1.54, 1.807) is 7.11 Å². The lowest BCUT2D eigenvalue weighted by atomic mass is 9.95. The predicted molar refractivity (Wildman–Crippen MR) is 122 cm³/mol. The van der Waals surface area contributed by atoms with Crippen molar-refractivity contribution in [1.29, 1.82) is 0 Å². The first-order valence-electron chi connectivity index (χ1n) is 11.2. The van der Waals surface area contributed by atoms with Crippen molar-refractivity contribution in [3.63, 3.8) is 0 Å². The van der Waals surface area contributed by atoms with E-state index in [-0.39, 0.29) is 11.6 Å². The molecular weight excluding hydrogens is 374 g/mol. The lowest BCUT2D eigenvalue weighted by Gasteiger charge is -2.46. The molecule has 30 heavy (non-hydrogen) atoms. The summed E-state index contributed by atoms with van der Waals surface area (Å²) in [6.07, 6.45) is 5.93. The molecule has 1 N–H and O–H groups in total. The smallest absolute Gasteiger partial charge is 0.253 e. The van der Waals surface area contributed by atoms with Crippen LogP contribution in [-0.4, -0.2) is 42.7 Å². The molecule has 0 radical (unpaired) electrons. The van der Waals surface area contributed by atoms with E-state index in [1.807, 2.05) is 43.0 Å². The molecule has 2 fully saturated rings. The second-order valence-corrected chi connectivity index (χ2v) is 8.36. The van der Waals surface area contributed by atoms with Crippen molar-refractivity contribution in [2.45, 2.75) is 57.7 Å². The number of amides is 1. The van der Waals surface area contributed by atoms with Gasteiger partial charge >= 0.3 is 0 Å². The number of hydrogen-bond acceptors (Lipinski definition) is 4. The van der Waals surface area contributed by atoms with Gasteiger partial charge in [-0.1, -0.05) is 6.07 Å². The van der Waals surface area contributed by atoms with Crippen molar-refractivity contribution in [1.82, 2.24) is 10.2 Å². The van der Waals surface area contributed by atoms with Gasteiger partial charge in [0.05, 0.1) is 12.8 Å². The third-order valence-corrected chi connectivity index (χ3v) is 6.68. The third kappa shape index (κ3) is 3.79. The summed E-state index contributed by atoms with van der Waals surface area (Å²) in [6.45, 7) is 5.48. The fourth-order valence-corrected chi connectivity index (χ4v) is 5.12. The topological polar surface area (TPSA) is 44.8 Å². The monoisotopic (exact) mass is 407 g/mol. The standard InChI is InChI=1S/C25H33N3O2/c1-4-27(5-2)24(29)19-11-13-21(14-12-19)28(22-9-6-10-23(18-22)30-3)25-16-7-8-20(26-25)15-17-25/h6,9-14,18,20,26H,4-5,7-8,15-17H2,1-3H3. The average Bonchev–Trinajstić information content (AvgIpc) is 3.09. The van der Waals surface area contributed by atoms with Gasteiger partial charge < -0.3 is 14.5 Å². The summed E-state index contributed by atoms with van der Waals surface area (Å²) in [5.41, 5.74) is 2.88. The first-order chi connectivity index (χ1) is 14.6. The molecule has 2 heterocycles. The van der Waals surface area contributed by atoms with Crippen molar-refractivity contribution in [3.05, 3.63) is 54.1 Å². The number of methoxy groups -OCH3 is 1. The van der Waals surface area contributed by atoms with Crippen molar-refractivity contribution in [3.8, 4) is 5.75 Å². The lowest BCUT2D eigenvalue weighted by molar-refractivity contribution is 0.0773. The Kier molecular flexibility index (Phi) is 6.00. The molecule has 0 spiro atoms. The number of ether oxygens (including phenoxy) is 1. The number of benzene rings is 2. The van der Waals surface area contributed by atoms with Crippen LogP contribution in [0.15, 0.2) is 48.5 Å². The minimum Gasteiger partial charge on any atom is -0.497 e. The Morgan fingerprint density at radius 3 is 2.53 bits per heavy atom. The predicted octanol–water partition coefficient (Wildman–Crippen LogP) is 4.95. The number of fused-ring (bicyclic) bond motifs is 2. The normalized spacial score (nSPS) is 22.6. The summed E-state index contributed by atoms with van der Waals surface area (Å²) in [4.78, 5) is 17.0. The fraction of sp³-hybridized carbons (Fsp3) is 0.480. The molecule has 5 nitrogen and oxygen atoms in total. The molecule has 2 unspecified atom stereocenters. The minimum absolute atomic E-state index is 0.0837. The Morgan fingerprint density at radius 2 is 1.83 bits per heavy atom. The molecular formula is C25H33N3O2. The van der Waals surface area contributed by atoms with Crippen LogP contribution in [-0.2, 0) is 0 Å². The number of carbonyl (C=O) groups is 1. The fourth-order valence-electron chi connectivity index (χ4n) is 5.12. The van der Waals surface area contributed by atoms with Gasteiger partial charge in [-0.3, -0.25) is 10.1 Å². The molecule has 5 heteroatoms. The zero-order valence-electron chi connectivity index (χ0n) is 18.4. The highest BCUT2D eigenvalue weighted by atomic mass is 16.5. The summed E-state index contributed by atoms with van der Waals surface area (Å²) in [6, 6.07) is 17.0. The number of anilines is 2. The molecule has 2 aromatic carbocycles. The lowest BCUT2D eigenvalue weighted by Crippen LogP contribution is -2.57. The average molecular weight is 408 g/mol. The molecule has 2 aliphatic rings. The molecule has 2 atom stereocenters. The van der Waals surface area contributed by atoms with Gasteiger partial charge in [0.15, 0.2) is 0 Å². The van der Waals surface area contributed by atoms with Crippen LogP contribution in [0.1, 0.15) is 56.3 Å². The maximum atomic E-state index is 12.8. The molecule has 2 saturated heterocycles. The van der Waals surface area contributed by atoms with E-state index >= 15 is 0 Å². The van der Waals surface area contributed by atoms with Gasteiger partial charge in [-0.2, -0.15) is 0 Å². The van der Waals surface area contributed by atoms with E-state index in [0.29, 0.717) is 6.04 Å². The quantitative estimate of drug-likeness (QED) is 0.706. The van der Waals surface area contributed by atoms with E-state index in [1.165, 1.54) is 19.3 Å². The zero-order chi connectivity index (χ0) is 21.1. The Hall–Kier alpha value is -2.53. The van der Waals surface area contributed by atoms with Crippen molar-refractivity contribution < 1.29 is 9.53 Å². The largest absolute Gasteiger partial charge is 0.497 e. The van der Waals surface area contributed by atoms with Gasteiger partial charge in [0.1, 0.15) is 5.75 Å². The highest BCUT2D eigenvalue weighted by molar-refractivity contribution is 5.94. The Balaban J connectivity index is 1.72. The van der Waals surface area contributed by atoms with Crippen LogP contribution in [0.5, 0.6) is 5.75 Å². The second kappa shape index (κ2) is 8.68. The van der Waals surface area contributed by atoms with Gasteiger partial charge in [0.25, 0.3) is 5.91 Å². The number of rotatable bonds is 7. The summed E-state index contributed by atoms with van der Waals surface area (Å²) in [5.74, 6) is 0.946. The number of hydrogen-bond donors (Lipinski definition) is 1. The van der Waals surface area contributed by atoms with Crippen molar-refractivity contribution in [2.75, 3.05) is 25.1 Å². The summed E-state index contributed by atoms with van der Waals surface area (Å²) in [7, 11) is 1.71. The van der Waals surface area contributed by atoms with Crippen molar-refractivity contribution >= 4 is 17.3 Å². The van der Waals surface area contributed by atoms with Gasteiger partial charge in [0.2, 0.25) is 0 Å². The van der Waals surface area contributed by atoms with E-state index < -0.39 is 0 Å². The van der Waals surface area contributed by atoms with Gasteiger partial charge in [-0.25, -0.2) is 0 Å². The number of nitrogens with zero attached hydrogens (tertiary/aromatic N) is 2. The van der Waals surface area contributed by atoms with Gasteiger partial charge in [0, 0.05) is 42.1 Å². The van der Waals surface area contributed by atoms with Crippen LogP contribution in [0.25, 0.3) is 0 Å². The Morgan fingerprint density at radius 1 is 1.07 bits per heavy atom. The molecule has 2 aliphatic heterocycles.